The lowest BCUT2D eigenvalue weighted by Crippen LogP contribution is -1.86. The fraction of sp³-hybridized carbons (Fsp3) is 0. The normalized spacial score (nSPS) is 11.9. The summed E-state index contributed by atoms with van der Waals surface area (Å²) in [5.41, 5.74) is 1.02. The first-order chi connectivity index (χ1) is 13.3. The molecule has 0 bridgehead atoms. The smallest absolute Gasteiger partial charge is 0.106 e. The molecule has 0 unspecified atom stereocenters. The number of aromatic nitrogens is 1. The van der Waals surface area contributed by atoms with Crippen LogP contribution in [-0.4, -0.2) is 4.98 Å². The second kappa shape index (κ2) is 5.51. The summed E-state index contributed by atoms with van der Waals surface area (Å²) >= 11 is 3.51. The van der Waals surface area contributed by atoms with E-state index in [1.54, 1.807) is 0 Å². The van der Waals surface area contributed by atoms with Gasteiger partial charge >= 0.3 is 0 Å². The summed E-state index contributed by atoms with van der Waals surface area (Å²) in [6.45, 7) is 0. The van der Waals surface area contributed by atoms with Gasteiger partial charge in [-0.15, -0.1) is 0 Å². The van der Waals surface area contributed by atoms with Crippen molar-refractivity contribution in [1.29, 1.82) is 0 Å². The molecule has 6 aromatic rings. The van der Waals surface area contributed by atoms with Crippen molar-refractivity contribution in [3.05, 3.63) is 89.5 Å². The molecule has 0 fully saturated rings. The first-order valence-corrected chi connectivity index (χ1v) is 9.81. The summed E-state index contributed by atoms with van der Waals surface area (Å²) in [6, 6.07) is 30.5. The predicted octanol–water partition coefficient (Wildman–Crippen LogP) is 7.61. The quantitative estimate of drug-likeness (QED) is 0.186. The van der Waals surface area contributed by atoms with E-state index in [1.807, 2.05) is 6.07 Å². The van der Waals surface area contributed by atoms with Gasteiger partial charge in [-0.25, -0.2) is 4.98 Å². The van der Waals surface area contributed by atoms with Gasteiger partial charge in [0.2, 0.25) is 0 Å². The van der Waals surface area contributed by atoms with Crippen LogP contribution in [-0.2, 0) is 0 Å². The molecule has 5 aromatic carbocycles. The van der Waals surface area contributed by atoms with E-state index in [0.29, 0.717) is 0 Å². The third kappa shape index (κ3) is 2.14. The number of nitrogens with zero attached hydrogens (tertiary/aromatic N) is 1. The molecule has 0 atom stereocenters. The molecule has 6 rings (SSSR count). The molecule has 0 aliphatic heterocycles. The Hall–Kier alpha value is -2.97. The lowest BCUT2D eigenvalue weighted by atomic mass is 9.91. The summed E-state index contributed by atoms with van der Waals surface area (Å²) in [5.74, 6) is 0. The number of hydrogen-bond donors (Lipinski definition) is 0. The van der Waals surface area contributed by atoms with Crippen molar-refractivity contribution in [3.63, 3.8) is 0 Å². The maximum absolute atomic E-state index is 4.69. The summed E-state index contributed by atoms with van der Waals surface area (Å²) in [6.07, 6.45) is 0. The highest BCUT2D eigenvalue weighted by molar-refractivity contribution is 9.10. The fourth-order valence-electron chi connectivity index (χ4n) is 4.32. The second-order valence-electron chi connectivity index (χ2n) is 6.98. The van der Waals surface area contributed by atoms with Gasteiger partial charge in [-0.2, -0.15) is 0 Å². The number of fused-ring (bicyclic) bond motifs is 9. The van der Waals surface area contributed by atoms with Crippen LogP contribution in [0.3, 0.4) is 0 Å². The minimum Gasteiger partial charge on any atom is -0.241 e. The average Bonchev–Trinajstić information content (AvgIpc) is 2.72. The van der Waals surface area contributed by atoms with Crippen LogP contribution in [0.5, 0.6) is 0 Å². The van der Waals surface area contributed by atoms with Gasteiger partial charge in [0, 0.05) is 5.39 Å². The largest absolute Gasteiger partial charge is 0.241 e. The maximum Gasteiger partial charge on any atom is 0.106 e. The predicted molar refractivity (Wildman–Crippen MR) is 119 cm³/mol. The van der Waals surface area contributed by atoms with Crippen molar-refractivity contribution in [2.75, 3.05) is 0 Å². The van der Waals surface area contributed by atoms with E-state index in [9.17, 15) is 0 Å². The highest BCUT2D eigenvalue weighted by atomic mass is 79.9. The molecule has 0 amide bonds. The molecule has 2 heteroatoms. The van der Waals surface area contributed by atoms with Gasteiger partial charge < -0.3 is 0 Å². The highest BCUT2D eigenvalue weighted by Crippen LogP contribution is 2.39. The van der Waals surface area contributed by atoms with Crippen molar-refractivity contribution in [2.24, 2.45) is 0 Å². The van der Waals surface area contributed by atoms with Crippen LogP contribution in [0.25, 0.3) is 54.0 Å². The van der Waals surface area contributed by atoms with E-state index in [2.05, 4.69) is 94.8 Å². The number of halogens is 1. The van der Waals surface area contributed by atoms with Crippen LogP contribution in [0.15, 0.2) is 89.5 Å². The Kier molecular flexibility index (Phi) is 3.09. The molecule has 27 heavy (non-hydrogen) atoms. The Morgan fingerprint density at radius 1 is 0.481 bits per heavy atom. The molecule has 0 saturated carbocycles. The van der Waals surface area contributed by atoms with E-state index in [0.717, 1.165) is 10.1 Å². The standard InChI is InChI=1S/C25H14BrN/c26-22-14-12-20-21(27-22)13-11-17-8-10-18-9-7-16-6-5-15-3-1-2-4-19(15)23(16)25(18)24(17)20/h1-14H. The van der Waals surface area contributed by atoms with E-state index in [1.165, 1.54) is 48.5 Å². The lowest BCUT2D eigenvalue weighted by Gasteiger charge is -2.13. The van der Waals surface area contributed by atoms with Crippen LogP contribution >= 0.6 is 15.9 Å². The molecular formula is C25H14BrN. The Bertz CT molecular complexity index is 1520. The Balaban J connectivity index is 2.00. The SMILES string of the molecule is Brc1ccc2c(ccc3ccc4ccc5ccc6ccccc6c5c4c32)n1. The third-order valence-corrected chi connectivity index (χ3v) is 5.95. The highest BCUT2D eigenvalue weighted by Gasteiger charge is 2.11. The van der Waals surface area contributed by atoms with Gasteiger partial charge in [0.1, 0.15) is 4.60 Å². The van der Waals surface area contributed by atoms with Crippen LogP contribution < -0.4 is 0 Å². The van der Waals surface area contributed by atoms with Crippen LogP contribution in [0.1, 0.15) is 0 Å². The maximum atomic E-state index is 4.69. The van der Waals surface area contributed by atoms with E-state index in [-0.39, 0.29) is 0 Å². The average molecular weight is 408 g/mol. The van der Waals surface area contributed by atoms with Crippen molar-refractivity contribution in [2.45, 2.75) is 0 Å². The zero-order valence-corrected chi connectivity index (χ0v) is 16.0. The topological polar surface area (TPSA) is 12.9 Å². The van der Waals surface area contributed by atoms with Crippen molar-refractivity contribution >= 4 is 69.9 Å². The Labute approximate surface area is 164 Å². The molecule has 0 aliphatic rings. The van der Waals surface area contributed by atoms with Gasteiger partial charge in [-0.05, 0) is 77.2 Å². The molecule has 0 N–H and O–H groups in total. The van der Waals surface area contributed by atoms with Crippen molar-refractivity contribution < 1.29 is 0 Å². The lowest BCUT2D eigenvalue weighted by molar-refractivity contribution is 1.36. The minimum atomic E-state index is 0.866. The van der Waals surface area contributed by atoms with E-state index < -0.39 is 0 Å². The molecule has 1 nitrogen and oxygen atoms in total. The summed E-state index contributed by atoms with van der Waals surface area (Å²) in [4.78, 5) is 4.69. The molecule has 126 valence electrons. The summed E-state index contributed by atoms with van der Waals surface area (Å²) in [5, 5.41) is 11.5. The van der Waals surface area contributed by atoms with Gasteiger partial charge in [0.25, 0.3) is 0 Å². The first-order valence-electron chi connectivity index (χ1n) is 9.02. The molecular weight excluding hydrogens is 394 g/mol. The monoisotopic (exact) mass is 407 g/mol. The molecule has 0 spiro atoms. The van der Waals surface area contributed by atoms with Gasteiger partial charge in [0.05, 0.1) is 5.52 Å². The van der Waals surface area contributed by atoms with E-state index in [4.69, 9.17) is 4.98 Å². The number of hydrogen-bond acceptors (Lipinski definition) is 1. The molecule has 0 aliphatic carbocycles. The number of pyridine rings is 1. The number of rotatable bonds is 0. The van der Waals surface area contributed by atoms with Gasteiger partial charge in [0.15, 0.2) is 0 Å². The van der Waals surface area contributed by atoms with Crippen molar-refractivity contribution in [3.8, 4) is 0 Å². The summed E-state index contributed by atoms with van der Waals surface area (Å²) < 4.78 is 0.866. The van der Waals surface area contributed by atoms with Crippen LogP contribution in [0.4, 0.5) is 0 Å². The molecule has 0 radical (unpaired) electrons. The fourth-order valence-corrected chi connectivity index (χ4v) is 4.64. The van der Waals surface area contributed by atoms with Gasteiger partial charge in [-0.1, -0.05) is 66.7 Å². The van der Waals surface area contributed by atoms with Crippen molar-refractivity contribution in [1.82, 2.24) is 4.98 Å². The molecule has 1 heterocycles. The minimum absolute atomic E-state index is 0.866. The molecule has 0 saturated heterocycles. The van der Waals surface area contributed by atoms with Crippen LogP contribution in [0.2, 0.25) is 0 Å². The Morgan fingerprint density at radius 2 is 1.07 bits per heavy atom. The molecule has 1 aromatic heterocycles. The second-order valence-corrected chi connectivity index (χ2v) is 7.79. The zero-order valence-electron chi connectivity index (χ0n) is 14.4. The van der Waals surface area contributed by atoms with E-state index >= 15 is 0 Å². The first kappa shape index (κ1) is 15.1. The van der Waals surface area contributed by atoms with Crippen LogP contribution in [0, 0.1) is 0 Å². The Morgan fingerprint density at radius 3 is 1.85 bits per heavy atom. The number of benzene rings is 5. The third-order valence-electron chi connectivity index (χ3n) is 5.50. The van der Waals surface area contributed by atoms with Gasteiger partial charge in [-0.3, -0.25) is 0 Å². The summed E-state index contributed by atoms with van der Waals surface area (Å²) in [7, 11) is 0. The zero-order chi connectivity index (χ0) is 18.0.